The summed E-state index contributed by atoms with van der Waals surface area (Å²) in [4.78, 5) is 7.93. The molecular formula is C26H28N2O2. The SMILES string of the molecule is C/C(=N\OCc1ccc(-c2ccccc2)cc1)c1ccc(CN2CC(CO)C2)cc1. The number of rotatable bonds is 8. The molecule has 0 radical (unpaired) electrons. The van der Waals surface area contributed by atoms with Crippen molar-refractivity contribution < 1.29 is 9.94 Å². The number of benzene rings is 3. The molecule has 3 aromatic carbocycles. The molecule has 0 saturated carbocycles. The van der Waals surface area contributed by atoms with E-state index in [0.717, 1.165) is 36.5 Å². The zero-order chi connectivity index (χ0) is 20.8. The van der Waals surface area contributed by atoms with Crippen LogP contribution in [0.2, 0.25) is 0 Å². The van der Waals surface area contributed by atoms with Gasteiger partial charge in [-0.3, -0.25) is 4.90 Å². The maximum absolute atomic E-state index is 9.12. The van der Waals surface area contributed by atoms with Crippen LogP contribution in [0.1, 0.15) is 23.6 Å². The first-order chi connectivity index (χ1) is 14.7. The maximum Gasteiger partial charge on any atom is 0.142 e. The van der Waals surface area contributed by atoms with Crippen LogP contribution in [-0.2, 0) is 18.0 Å². The van der Waals surface area contributed by atoms with Gasteiger partial charge in [0.1, 0.15) is 6.61 Å². The second kappa shape index (κ2) is 9.70. The number of oxime groups is 1. The van der Waals surface area contributed by atoms with E-state index >= 15 is 0 Å². The molecule has 4 nitrogen and oxygen atoms in total. The van der Waals surface area contributed by atoms with Crippen LogP contribution in [0, 0.1) is 5.92 Å². The highest BCUT2D eigenvalue weighted by molar-refractivity contribution is 5.98. The average molecular weight is 401 g/mol. The molecular weight excluding hydrogens is 372 g/mol. The summed E-state index contributed by atoms with van der Waals surface area (Å²) in [6.45, 7) is 5.61. The Morgan fingerprint density at radius 1 is 0.900 bits per heavy atom. The molecule has 0 spiro atoms. The van der Waals surface area contributed by atoms with E-state index in [2.05, 4.69) is 70.7 Å². The van der Waals surface area contributed by atoms with Crippen molar-refractivity contribution >= 4 is 5.71 Å². The van der Waals surface area contributed by atoms with Crippen LogP contribution >= 0.6 is 0 Å². The minimum Gasteiger partial charge on any atom is -0.396 e. The van der Waals surface area contributed by atoms with Gasteiger partial charge < -0.3 is 9.94 Å². The normalized spacial score (nSPS) is 15.1. The summed E-state index contributed by atoms with van der Waals surface area (Å²) < 4.78 is 0. The molecule has 3 aromatic rings. The third kappa shape index (κ3) is 5.15. The molecule has 0 unspecified atom stereocenters. The molecule has 1 fully saturated rings. The van der Waals surface area contributed by atoms with Crippen molar-refractivity contribution in [1.29, 1.82) is 0 Å². The third-order valence-corrected chi connectivity index (χ3v) is 5.56. The summed E-state index contributed by atoms with van der Waals surface area (Å²) in [5, 5.41) is 13.4. The zero-order valence-electron chi connectivity index (χ0n) is 17.4. The monoisotopic (exact) mass is 400 g/mol. The third-order valence-electron chi connectivity index (χ3n) is 5.56. The molecule has 30 heavy (non-hydrogen) atoms. The van der Waals surface area contributed by atoms with E-state index in [1.165, 1.54) is 16.7 Å². The Morgan fingerprint density at radius 2 is 1.53 bits per heavy atom. The van der Waals surface area contributed by atoms with Gasteiger partial charge in [0.25, 0.3) is 0 Å². The van der Waals surface area contributed by atoms with Gasteiger partial charge in [0.2, 0.25) is 0 Å². The molecule has 154 valence electrons. The van der Waals surface area contributed by atoms with Gasteiger partial charge in [0.05, 0.1) is 5.71 Å². The zero-order valence-corrected chi connectivity index (χ0v) is 17.4. The number of nitrogens with zero attached hydrogens (tertiary/aromatic N) is 2. The first-order valence-electron chi connectivity index (χ1n) is 10.4. The van der Waals surface area contributed by atoms with Crippen LogP contribution in [0.4, 0.5) is 0 Å². The summed E-state index contributed by atoms with van der Waals surface area (Å²) in [6.07, 6.45) is 0. The Balaban J connectivity index is 1.28. The summed E-state index contributed by atoms with van der Waals surface area (Å²) in [7, 11) is 0. The quantitative estimate of drug-likeness (QED) is 0.440. The van der Waals surface area contributed by atoms with Crippen molar-refractivity contribution in [3.63, 3.8) is 0 Å². The second-order valence-electron chi connectivity index (χ2n) is 7.95. The molecule has 1 heterocycles. The lowest BCUT2D eigenvalue weighted by molar-refractivity contribution is 0.0479. The molecule has 1 aliphatic rings. The Bertz CT molecular complexity index is 960. The number of likely N-dealkylation sites (tertiary alicyclic amines) is 1. The second-order valence-corrected chi connectivity index (χ2v) is 7.95. The molecule has 1 saturated heterocycles. The average Bonchev–Trinajstić information content (AvgIpc) is 2.77. The lowest BCUT2D eigenvalue weighted by Crippen LogP contribution is -2.47. The molecule has 1 N–H and O–H groups in total. The van der Waals surface area contributed by atoms with Crippen molar-refractivity contribution in [1.82, 2.24) is 4.90 Å². The van der Waals surface area contributed by atoms with E-state index in [4.69, 9.17) is 9.94 Å². The Labute approximate surface area is 178 Å². The van der Waals surface area contributed by atoms with Crippen LogP contribution in [0.15, 0.2) is 84.0 Å². The van der Waals surface area contributed by atoms with E-state index in [1.807, 2.05) is 25.1 Å². The van der Waals surface area contributed by atoms with E-state index < -0.39 is 0 Å². The van der Waals surface area contributed by atoms with Crippen LogP contribution in [0.3, 0.4) is 0 Å². The van der Waals surface area contributed by atoms with Gasteiger partial charge in [0, 0.05) is 32.2 Å². The molecule has 0 amide bonds. The summed E-state index contributed by atoms with van der Waals surface area (Å²) in [5.41, 5.74) is 6.72. The minimum absolute atomic E-state index is 0.294. The van der Waals surface area contributed by atoms with Crippen LogP contribution in [0.5, 0.6) is 0 Å². The fourth-order valence-electron chi connectivity index (χ4n) is 3.71. The summed E-state index contributed by atoms with van der Waals surface area (Å²) in [5.74, 6) is 0.449. The highest BCUT2D eigenvalue weighted by Crippen LogP contribution is 2.20. The maximum atomic E-state index is 9.12. The van der Waals surface area contributed by atoms with Crippen molar-refractivity contribution in [2.75, 3.05) is 19.7 Å². The predicted octanol–water partition coefficient (Wildman–Crippen LogP) is 4.72. The number of hydrogen-bond donors (Lipinski definition) is 1. The van der Waals surface area contributed by atoms with Gasteiger partial charge >= 0.3 is 0 Å². The van der Waals surface area contributed by atoms with Crippen molar-refractivity contribution in [2.24, 2.45) is 11.1 Å². The Morgan fingerprint density at radius 3 is 2.20 bits per heavy atom. The van der Waals surface area contributed by atoms with E-state index in [0.29, 0.717) is 19.1 Å². The molecule has 4 rings (SSSR count). The molecule has 0 aliphatic carbocycles. The van der Waals surface area contributed by atoms with E-state index in [-0.39, 0.29) is 0 Å². The summed E-state index contributed by atoms with van der Waals surface area (Å²) in [6, 6.07) is 27.2. The number of aliphatic hydroxyl groups excluding tert-OH is 1. The lowest BCUT2D eigenvalue weighted by Gasteiger charge is -2.38. The summed E-state index contributed by atoms with van der Waals surface area (Å²) >= 11 is 0. The van der Waals surface area contributed by atoms with Crippen molar-refractivity contribution in [2.45, 2.75) is 20.1 Å². The van der Waals surface area contributed by atoms with Gasteiger partial charge in [0.15, 0.2) is 0 Å². The largest absolute Gasteiger partial charge is 0.396 e. The highest BCUT2D eigenvalue weighted by atomic mass is 16.6. The van der Waals surface area contributed by atoms with Gasteiger partial charge in [-0.2, -0.15) is 0 Å². The molecule has 0 atom stereocenters. The fraction of sp³-hybridized carbons (Fsp3) is 0.269. The van der Waals surface area contributed by atoms with Gasteiger partial charge in [-0.05, 0) is 34.7 Å². The smallest absolute Gasteiger partial charge is 0.142 e. The van der Waals surface area contributed by atoms with Crippen LogP contribution in [-0.4, -0.2) is 35.4 Å². The van der Waals surface area contributed by atoms with Crippen LogP contribution < -0.4 is 0 Å². The van der Waals surface area contributed by atoms with Gasteiger partial charge in [-0.15, -0.1) is 0 Å². The van der Waals surface area contributed by atoms with Gasteiger partial charge in [-0.25, -0.2) is 0 Å². The van der Waals surface area contributed by atoms with Crippen LogP contribution in [0.25, 0.3) is 11.1 Å². The number of hydrogen-bond acceptors (Lipinski definition) is 4. The minimum atomic E-state index is 0.294. The van der Waals surface area contributed by atoms with E-state index in [1.54, 1.807) is 0 Å². The lowest BCUT2D eigenvalue weighted by atomic mass is 10.00. The standard InChI is InChI=1S/C26H28N2O2/c1-20(24-11-7-21(8-12-24)15-28-16-23(17-28)18-29)27-30-19-22-9-13-26(14-10-22)25-5-3-2-4-6-25/h2-14,23,29H,15-19H2,1H3/b27-20+. The van der Waals surface area contributed by atoms with E-state index in [9.17, 15) is 0 Å². The fourth-order valence-corrected chi connectivity index (χ4v) is 3.71. The Kier molecular flexibility index (Phi) is 6.57. The molecule has 0 aromatic heterocycles. The predicted molar refractivity (Wildman–Crippen MR) is 121 cm³/mol. The van der Waals surface area contributed by atoms with Crippen molar-refractivity contribution in [3.05, 3.63) is 95.6 Å². The first-order valence-corrected chi connectivity index (χ1v) is 10.4. The molecule has 0 bridgehead atoms. The first kappa shape index (κ1) is 20.3. The highest BCUT2D eigenvalue weighted by Gasteiger charge is 2.25. The topological polar surface area (TPSA) is 45.1 Å². The van der Waals surface area contributed by atoms with Crippen molar-refractivity contribution in [3.8, 4) is 11.1 Å². The molecule has 4 heteroatoms. The Hall–Kier alpha value is -2.95. The molecule has 1 aliphatic heterocycles. The van der Waals surface area contributed by atoms with Gasteiger partial charge in [-0.1, -0.05) is 84.0 Å². The number of aliphatic hydroxyl groups is 1.